The fourth-order valence-corrected chi connectivity index (χ4v) is 3.33. The Labute approximate surface area is 105 Å². The highest BCUT2D eigenvalue weighted by Gasteiger charge is 2.14. The van der Waals surface area contributed by atoms with Gasteiger partial charge in [0.2, 0.25) is 0 Å². The Hall–Kier alpha value is -0.900. The minimum Gasteiger partial charge on any atom is -0.398 e. The molecule has 0 fully saturated rings. The van der Waals surface area contributed by atoms with Crippen LogP contribution in [0.4, 0.5) is 10.1 Å². The Morgan fingerprint density at radius 2 is 2.00 bits per heavy atom. The van der Waals surface area contributed by atoms with Gasteiger partial charge in [-0.05, 0) is 36.5 Å². The first-order valence-electron chi connectivity index (χ1n) is 5.83. The number of hydrogen-bond acceptors (Lipinski definition) is 2. The van der Waals surface area contributed by atoms with Gasteiger partial charge in [0.25, 0.3) is 0 Å². The molecule has 0 radical (unpaired) electrons. The van der Waals surface area contributed by atoms with Gasteiger partial charge in [0.05, 0.1) is 15.7 Å². The molecule has 0 aliphatic heterocycles. The fourth-order valence-electron chi connectivity index (χ4n) is 1.93. The molecular formula is C13H20FNOS. The minimum atomic E-state index is -1.22. The van der Waals surface area contributed by atoms with E-state index in [0.717, 1.165) is 6.42 Å². The Morgan fingerprint density at radius 3 is 2.59 bits per heavy atom. The normalized spacial score (nSPS) is 14.9. The van der Waals surface area contributed by atoms with Gasteiger partial charge >= 0.3 is 0 Å². The molecule has 1 aromatic carbocycles. The SMILES string of the molecule is CC(C)CC(C)CS(=O)c1cc(F)ccc1N. The average molecular weight is 257 g/mol. The summed E-state index contributed by atoms with van der Waals surface area (Å²) < 4.78 is 25.1. The van der Waals surface area contributed by atoms with E-state index in [-0.39, 0.29) is 5.82 Å². The number of nitrogens with two attached hydrogens (primary N) is 1. The molecule has 0 spiro atoms. The molecule has 2 atom stereocenters. The topological polar surface area (TPSA) is 43.1 Å². The van der Waals surface area contributed by atoms with Crippen molar-refractivity contribution in [2.45, 2.75) is 32.1 Å². The first-order valence-corrected chi connectivity index (χ1v) is 7.15. The second kappa shape index (κ2) is 6.15. The number of hydrogen-bond donors (Lipinski definition) is 1. The maximum Gasteiger partial charge on any atom is 0.124 e. The first kappa shape index (κ1) is 14.2. The molecule has 0 amide bonds. The lowest BCUT2D eigenvalue weighted by Gasteiger charge is -2.14. The molecule has 2 N–H and O–H groups in total. The molecule has 1 aromatic rings. The predicted octanol–water partition coefficient (Wildman–Crippen LogP) is 3.20. The molecule has 0 aliphatic carbocycles. The van der Waals surface area contributed by atoms with Crippen LogP contribution in [0.1, 0.15) is 27.2 Å². The Balaban J connectivity index is 2.73. The van der Waals surface area contributed by atoms with Gasteiger partial charge in [0.15, 0.2) is 0 Å². The van der Waals surface area contributed by atoms with Crippen molar-refractivity contribution in [3.63, 3.8) is 0 Å². The molecule has 1 rings (SSSR count). The zero-order valence-corrected chi connectivity index (χ0v) is 11.4. The molecule has 2 nitrogen and oxygen atoms in total. The summed E-state index contributed by atoms with van der Waals surface area (Å²) in [5, 5.41) is 0. The molecule has 0 aromatic heterocycles. The lowest BCUT2D eigenvalue weighted by atomic mass is 10.0. The Bertz CT molecular complexity index is 406. The van der Waals surface area contributed by atoms with Crippen molar-refractivity contribution in [2.75, 3.05) is 11.5 Å². The van der Waals surface area contributed by atoms with Gasteiger partial charge in [0.1, 0.15) is 5.82 Å². The van der Waals surface area contributed by atoms with Crippen molar-refractivity contribution in [3.05, 3.63) is 24.0 Å². The quantitative estimate of drug-likeness (QED) is 0.823. The molecule has 0 bridgehead atoms. The molecule has 4 heteroatoms. The lowest BCUT2D eigenvalue weighted by molar-refractivity contribution is 0.471. The molecule has 0 saturated carbocycles. The molecule has 0 saturated heterocycles. The number of anilines is 1. The average Bonchev–Trinajstić information content (AvgIpc) is 2.20. The Morgan fingerprint density at radius 1 is 1.35 bits per heavy atom. The van der Waals surface area contributed by atoms with Gasteiger partial charge in [-0.15, -0.1) is 0 Å². The third-order valence-corrected chi connectivity index (χ3v) is 4.25. The summed E-state index contributed by atoms with van der Waals surface area (Å²) in [5.41, 5.74) is 6.11. The van der Waals surface area contributed by atoms with E-state index in [0.29, 0.717) is 28.2 Å². The van der Waals surface area contributed by atoms with E-state index in [1.165, 1.54) is 18.2 Å². The molecule has 0 heterocycles. The van der Waals surface area contributed by atoms with E-state index < -0.39 is 10.8 Å². The van der Waals surface area contributed by atoms with Crippen molar-refractivity contribution < 1.29 is 8.60 Å². The summed E-state index contributed by atoms with van der Waals surface area (Å²) in [5.74, 6) is 1.07. The first-order chi connectivity index (χ1) is 7.90. The second-order valence-corrected chi connectivity index (χ2v) is 6.39. The van der Waals surface area contributed by atoms with Crippen LogP contribution in [0.2, 0.25) is 0 Å². The van der Waals surface area contributed by atoms with Crippen molar-refractivity contribution in [3.8, 4) is 0 Å². The van der Waals surface area contributed by atoms with Gasteiger partial charge in [-0.3, -0.25) is 4.21 Å². The Kier molecular flexibility index (Phi) is 5.12. The van der Waals surface area contributed by atoms with Crippen LogP contribution in [-0.4, -0.2) is 9.96 Å². The summed E-state index contributed by atoms with van der Waals surface area (Å²) in [6.07, 6.45) is 1.01. The van der Waals surface area contributed by atoms with Crippen molar-refractivity contribution >= 4 is 16.5 Å². The maximum absolute atomic E-state index is 13.1. The van der Waals surface area contributed by atoms with Crippen LogP contribution in [0.5, 0.6) is 0 Å². The van der Waals surface area contributed by atoms with E-state index in [4.69, 9.17) is 5.73 Å². The second-order valence-electron chi connectivity index (χ2n) is 4.93. The largest absolute Gasteiger partial charge is 0.398 e. The van der Waals surface area contributed by atoms with Crippen LogP contribution < -0.4 is 5.73 Å². The van der Waals surface area contributed by atoms with Gasteiger partial charge in [0, 0.05) is 11.4 Å². The third kappa shape index (κ3) is 4.46. The monoisotopic (exact) mass is 257 g/mol. The van der Waals surface area contributed by atoms with E-state index in [9.17, 15) is 8.60 Å². The van der Waals surface area contributed by atoms with E-state index in [1.807, 2.05) is 0 Å². The lowest BCUT2D eigenvalue weighted by Crippen LogP contribution is -2.12. The van der Waals surface area contributed by atoms with Crippen LogP contribution in [0, 0.1) is 17.7 Å². The molecule has 2 unspecified atom stereocenters. The zero-order valence-electron chi connectivity index (χ0n) is 10.6. The smallest absolute Gasteiger partial charge is 0.124 e. The molecular weight excluding hydrogens is 237 g/mol. The predicted molar refractivity (Wildman–Crippen MR) is 70.7 cm³/mol. The molecule has 96 valence electrons. The van der Waals surface area contributed by atoms with Crippen LogP contribution >= 0.6 is 0 Å². The van der Waals surface area contributed by atoms with Crippen LogP contribution in [-0.2, 0) is 10.8 Å². The highest BCUT2D eigenvalue weighted by atomic mass is 32.2. The summed E-state index contributed by atoms with van der Waals surface area (Å²) in [4.78, 5) is 0.417. The van der Waals surface area contributed by atoms with E-state index in [2.05, 4.69) is 20.8 Å². The molecule has 17 heavy (non-hydrogen) atoms. The maximum atomic E-state index is 13.1. The summed E-state index contributed by atoms with van der Waals surface area (Å²) in [7, 11) is -1.22. The summed E-state index contributed by atoms with van der Waals surface area (Å²) in [6.45, 7) is 6.33. The third-order valence-electron chi connectivity index (χ3n) is 2.53. The fraction of sp³-hybridized carbons (Fsp3) is 0.538. The van der Waals surface area contributed by atoms with Crippen molar-refractivity contribution in [1.29, 1.82) is 0 Å². The van der Waals surface area contributed by atoms with Gasteiger partial charge < -0.3 is 5.73 Å². The highest BCUT2D eigenvalue weighted by molar-refractivity contribution is 7.85. The van der Waals surface area contributed by atoms with Gasteiger partial charge in [-0.2, -0.15) is 0 Å². The number of benzene rings is 1. The number of halogens is 1. The van der Waals surface area contributed by atoms with E-state index in [1.54, 1.807) is 0 Å². The zero-order chi connectivity index (χ0) is 13.0. The van der Waals surface area contributed by atoms with Gasteiger partial charge in [-0.25, -0.2) is 4.39 Å². The standard InChI is InChI=1S/C13H20FNOS/c1-9(2)6-10(3)8-17(16)13-7-11(14)4-5-12(13)15/h4-5,7,9-10H,6,8,15H2,1-3H3. The minimum absolute atomic E-state index is 0.346. The van der Waals surface area contributed by atoms with E-state index >= 15 is 0 Å². The van der Waals surface area contributed by atoms with Crippen LogP contribution in [0.3, 0.4) is 0 Å². The highest BCUT2D eigenvalue weighted by Crippen LogP contribution is 2.21. The number of nitrogen functional groups attached to an aromatic ring is 1. The number of rotatable bonds is 5. The van der Waals surface area contributed by atoms with Crippen LogP contribution in [0.25, 0.3) is 0 Å². The summed E-state index contributed by atoms with van der Waals surface area (Å²) >= 11 is 0. The van der Waals surface area contributed by atoms with Crippen molar-refractivity contribution in [2.24, 2.45) is 11.8 Å². The van der Waals surface area contributed by atoms with Gasteiger partial charge in [-0.1, -0.05) is 20.8 Å². The van der Waals surface area contributed by atoms with Crippen LogP contribution in [0.15, 0.2) is 23.1 Å². The van der Waals surface area contributed by atoms with Crippen molar-refractivity contribution in [1.82, 2.24) is 0 Å². The summed E-state index contributed by atoms with van der Waals surface area (Å²) in [6, 6.07) is 4.02. The molecule has 0 aliphatic rings.